The second-order valence-electron chi connectivity index (χ2n) is 8.66. The Kier molecular flexibility index (Phi) is 7.37. The molecule has 0 bridgehead atoms. The lowest BCUT2D eigenvalue weighted by atomic mass is 9.95. The zero-order valence-corrected chi connectivity index (χ0v) is 20.1. The third kappa shape index (κ3) is 5.24. The average molecular weight is 470 g/mol. The number of rotatable bonds is 8. The molecule has 0 atom stereocenters. The van der Waals surface area contributed by atoms with Crippen LogP contribution in [0.4, 0.5) is 0 Å². The van der Waals surface area contributed by atoms with Gasteiger partial charge in [-0.15, -0.1) is 0 Å². The van der Waals surface area contributed by atoms with Crippen molar-refractivity contribution in [2.24, 2.45) is 14.1 Å². The number of imidazole rings is 1. The first kappa shape index (κ1) is 23.4. The van der Waals surface area contributed by atoms with Gasteiger partial charge < -0.3 is 9.88 Å². The van der Waals surface area contributed by atoms with E-state index in [1.54, 1.807) is 7.05 Å². The molecule has 9 heteroatoms. The largest absolute Gasteiger partial charge is 0.353 e. The van der Waals surface area contributed by atoms with Crippen LogP contribution in [0, 0.1) is 0 Å². The fraction of sp³-hybridized carbons (Fsp3) is 0.500. The summed E-state index contributed by atoms with van der Waals surface area (Å²) in [4.78, 5) is 42.3. The molecule has 1 amide bonds. The zero-order valence-electron chi connectivity index (χ0n) is 19.2. The normalized spacial score (nSPS) is 14.6. The van der Waals surface area contributed by atoms with E-state index in [9.17, 15) is 14.4 Å². The van der Waals surface area contributed by atoms with E-state index >= 15 is 0 Å². The molecule has 0 aliphatic heterocycles. The molecule has 3 aromatic rings. The van der Waals surface area contributed by atoms with Gasteiger partial charge in [-0.3, -0.25) is 18.7 Å². The molecule has 33 heavy (non-hydrogen) atoms. The predicted molar refractivity (Wildman–Crippen MR) is 131 cm³/mol. The summed E-state index contributed by atoms with van der Waals surface area (Å²) in [6.45, 7) is 0.581. The molecule has 1 saturated carbocycles. The van der Waals surface area contributed by atoms with E-state index in [0.717, 1.165) is 29.4 Å². The van der Waals surface area contributed by atoms with Gasteiger partial charge in [-0.05, 0) is 24.8 Å². The molecular formula is C24H31N5O3S. The molecule has 0 spiro atoms. The highest BCUT2D eigenvalue weighted by Crippen LogP contribution is 2.23. The van der Waals surface area contributed by atoms with Gasteiger partial charge >= 0.3 is 5.69 Å². The maximum atomic E-state index is 12.7. The highest BCUT2D eigenvalue weighted by molar-refractivity contribution is 7.99. The van der Waals surface area contributed by atoms with E-state index in [2.05, 4.69) is 22.4 Å². The molecule has 2 aromatic heterocycles. The molecule has 1 aliphatic rings. The van der Waals surface area contributed by atoms with Crippen LogP contribution in [-0.2, 0) is 31.9 Å². The molecule has 8 nitrogen and oxygen atoms in total. The average Bonchev–Trinajstić information content (AvgIpc) is 3.20. The highest BCUT2D eigenvalue weighted by atomic mass is 32.2. The van der Waals surface area contributed by atoms with E-state index < -0.39 is 5.56 Å². The van der Waals surface area contributed by atoms with Gasteiger partial charge in [0, 0.05) is 38.9 Å². The number of benzene rings is 1. The molecule has 0 unspecified atom stereocenters. The Morgan fingerprint density at radius 2 is 1.82 bits per heavy atom. The Morgan fingerprint density at radius 3 is 2.55 bits per heavy atom. The van der Waals surface area contributed by atoms with Crippen LogP contribution in [0.1, 0.15) is 44.1 Å². The lowest BCUT2D eigenvalue weighted by Crippen LogP contribution is -2.37. The van der Waals surface area contributed by atoms with Gasteiger partial charge in [0.15, 0.2) is 16.3 Å². The van der Waals surface area contributed by atoms with Crippen molar-refractivity contribution in [3.63, 3.8) is 0 Å². The lowest BCUT2D eigenvalue weighted by molar-refractivity contribution is -0.121. The van der Waals surface area contributed by atoms with Gasteiger partial charge in [-0.25, -0.2) is 9.78 Å². The Morgan fingerprint density at radius 1 is 1.09 bits per heavy atom. The molecule has 1 aliphatic carbocycles. The van der Waals surface area contributed by atoms with Crippen molar-refractivity contribution in [1.29, 1.82) is 0 Å². The fourth-order valence-corrected chi connectivity index (χ4v) is 5.41. The van der Waals surface area contributed by atoms with Crippen LogP contribution in [0.3, 0.4) is 0 Å². The van der Waals surface area contributed by atoms with Gasteiger partial charge in [0.2, 0.25) is 5.91 Å². The van der Waals surface area contributed by atoms with Crippen LogP contribution in [0.15, 0.2) is 45.1 Å². The predicted octanol–water partition coefficient (Wildman–Crippen LogP) is 2.61. The van der Waals surface area contributed by atoms with Crippen LogP contribution in [0.25, 0.3) is 11.2 Å². The first-order chi connectivity index (χ1) is 16.0. The molecule has 1 fully saturated rings. The minimum Gasteiger partial charge on any atom is -0.353 e. The number of fused-ring (bicyclic) bond motifs is 1. The first-order valence-electron chi connectivity index (χ1n) is 11.6. The van der Waals surface area contributed by atoms with Crippen LogP contribution >= 0.6 is 11.8 Å². The molecule has 4 rings (SSSR count). The monoisotopic (exact) mass is 469 g/mol. The number of aryl methyl sites for hydroxylation is 3. The number of hydrogen-bond donors (Lipinski definition) is 1. The number of nitrogens with one attached hydrogen (secondary N) is 1. The van der Waals surface area contributed by atoms with Crippen molar-refractivity contribution in [1.82, 2.24) is 24.0 Å². The quantitative estimate of drug-likeness (QED) is 0.512. The summed E-state index contributed by atoms with van der Waals surface area (Å²) in [6.07, 6.45) is 6.86. The second kappa shape index (κ2) is 10.4. The standard InChI is InChI=1S/C24H31N5O3S/c1-27-21-20(22(31)28(2)24(27)32)26-23(29(21)15-13-17-9-5-3-6-10-17)33-16-14-19(30)25-18-11-7-4-8-12-18/h3,5-6,9-10,18H,4,7-8,11-16H2,1-2H3,(H,25,30). The van der Waals surface area contributed by atoms with Gasteiger partial charge in [-0.1, -0.05) is 61.4 Å². The van der Waals surface area contributed by atoms with Gasteiger partial charge in [0.25, 0.3) is 5.56 Å². The van der Waals surface area contributed by atoms with Gasteiger partial charge in [-0.2, -0.15) is 0 Å². The van der Waals surface area contributed by atoms with E-state index in [4.69, 9.17) is 0 Å². The minimum atomic E-state index is -0.400. The van der Waals surface area contributed by atoms with Crippen molar-refractivity contribution in [3.8, 4) is 0 Å². The van der Waals surface area contributed by atoms with Crippen molar-refractivity contribution >= 4 is 28.8 Å². The summed E-state index contributed by atoms with van der Waals surface area (Å²) in [5.41, 5.74) is 1.19. The van der Waals surface area contributed by atoms with E-state index in [0.29, 0.717) is 35.6 Å². The summed E-state index contributed by atoms with van der Waals surface area (Å²) in [6, 6.07) is 10.4. The molecule has 1 aromatic carbocycles. The Balaban J connectivity index is 1.54. The van der Waals surface area contributed by atoms with Crippen molar-refractivity contribution in [2.45, 2.75) is 62.7 Å². The first-order valence-corrected chi connectivity index (χ1v) is 12.6. The summed E-state index contributed by atoms with van der Waals surface area (Å²) >= 11 is 1.45. The summed E-state index contributed by atoms with van der Waals surface area (Å²) in [5.74, 6) is 0.617. The van der Waals surface area contributed by atoms with E-state index in [1.807, 2.05) is 22.8 Å². The third-order valence-electron chi connectivity index (χ3n) is 6.30. The summed E-state index contributed by atoms with van der Waals surface area (Å²) in [5, 5.41) is 3.81. The summed E-state index contributed by atoms with van der Waals surface area (Å²) in [7, 11) is 3.13. The molecule has 2 heterocycles. The van der Waals surface area contributed by atoms with E-state index in [1.165, 1.54) is 42.6 Å². The minimum absolute atomic E-state index is 0.0599. The number of hydrogen-bond acceptors (Lipinski definition) is 5. The molecule has 1 N–H and O–H groups in total. The van der Waals surface area contributed by atoms with Crippen molar-refractivity contribution < 1.29 is 4.79 Å². The van der Waals surface area contributed by atoms with Gasteiger partial charge in [0.1, 0.15) is 0 Å². The van der Waals surface area contributed by atoms with Crippen molar-refractivity contribution in [2.75, 3.05) is 5.75 Å². The van der Waals surface area contributed by atoms with Crippen LogP contribution in [0.2, 0.25) is 0 Å². The molecule has 176 valence electrons. The molecular weight excluding hydrogens is 438 g/mol. The van der Waals surface area contributed by atoms with Crippen molar-refractivity contribution in [3.05, 3.63) is 56.7 Å². The second-order valence-corrected chi connectivity index (χ2v) is 9.72. The Labute approximate surface area is 197 Å². The number of carbonyl (C=O) groups excluding carboxylic acids is 1. The zero-order chi connectivity index (χ0) is 23.4. The Bertz CT molecular complexity index is 1240. The number of nitrogens with zero attached hydrogens (tertiary/aromatic N) is 4. The number of aromatic nitrogens is 4. The maximum Gasteiger partial charge on any atom is 0.332 e. The molecule has 0 radical (unpaired) electrons. The number of amides is 1. The van der Waals surface area contributed by atoms with Gasteiger partial charge in [0.05, 0.1) is 0 Å². The van der Waals surface area contributed by atoms with Crippen LogP contribution in [0.5, 0.6) is 0 Å². The maximum absolute atomic E-state index is 12.7. The highest BCUT2D eigenvalue weighted by Gasteiger charge is 2.20. The smallest absolute Gasteiger partial charge is 0.332 e. The SMILES string of the molecule is Cn1c(=O)c2nc(SCCC(=O)NC3CCCCC3)n(CCc3ccccc3)c2n(C)c1=O. The fourth-order valence-electron chi connectivity index (χ4n) is 4.45. The third-order valence-corrected chi connectivity index (χ3v) is 7.28. The molecule has 0 saturated heterocycles. The number of carbonyl (C=O) groups is 1. The van der Waals surface area contributed by atoms with Crippen LogP contribution < -0.4 is 16.6 Å². The summed E-state index contributed by atoms with van der Waals surface area (Å²) < 4.78 is 4.51. The lowest BCUT2D eigenvalue weighted by Gasteiger charge is -2.22. The van der Waals surface area contributed by atoms with E-state index in [-0.39, 0.29) is 17.1 Å². The Hall–Kier alpha value is -2.81. The topological polar surface area (TPSA) is 90.9 Å². The van der Waals surface area contributed by atoms with Crippen LogP contribution in [-0.4, -0.2) is 36.4 Å². The number of thioether (sulfide) groups is 1.